The summed E-state index contributed by atoms with van der Waals surface area (Å²) in [6.45, 7) is 14.1. The number of halogens is 2. The van der Waals surface area contributed by atoms with Crippen LogP contribution >= 0.6 is 23.2 Å². The number of hydrogen-bond acceptors (Lipinski definition) is 17. The Bertz CT molecular complexity index is 1990. The van der Waals surface area contributed by atoms with Crippen LogP contribution < -0.4 is 4.74 Å². The van der Waals surface area contributed by atoms with E-state index in [4.69, 9.17) is 76.0 Å². The minimum absolute atomic E-state index is 0. The van der Waals surface area contributed by atoms with Crippen LogP contribution in [0.3, 0.4) is 0 Å². The number of nitro groups is 1. The highest BCUT2D eigenvalue weighted by Crippen LogP contribution is 2.60. The molecule has 8 aliphatic rings. The van der Waals surface area contributed by atoms with Crippen LogP contribution in [0.15, 0.2) is 48.6 Å². The number of benzene rings is 1. The number of β-amino-alcohol motifs (C(OH)–C–C–N with tert-alkyl or cyclic N) is 2. The molecule has 3 saturated carbocycles. The van der Waals surface area contributed by atoms with Crippen molar-refractivity contribution in [2.24, 2.45) is 23.7 Å². The lowest BCUT2D eigenvalue weighted by molar-refractivity contribution is -0.384. The molecule has 2 spiro atoms. The van der Waals surface area contributed by atoms with Crippen LogP contribution in [0.5, 0.6) is 5.75 Å². The Hall–Kier alpha value is -3.18. The predicted molar refractivity (Wildman–Crippen MR) is 266 cm³/mol. The molecule has 72 heavy (non-hydrogen) atoms. The van der Waals surface area contributed by atoms with Gasteiger partial charge in [0.25, 0.3) is 5.69 Å². The highest BCUT2D eigenvalue weighted by molar-refractivity contribution is 6.40. The third-order valence-electron chi connectivity index (χ3n) is 14.9. The van der Waals surface area contributed by atoms with Gasteiger partial charge in [0.2, 0.25) is 0 Å². The van der Waals surface area contributed by atoms with Crippen LogP contribution in [-0.2, 0) is 37.9 Å². The van der Waals surface area contributed by atoms with Crippen molar-refractivity contribution >= 4 is 41.1 Å². The number of amides is 1. The number of aliphatic hydroxyl groups excluding tert-OH is 4. The fraction of sp³-hybridized carbons (Fsp3) is 0.765. The van der Waals surface area contributed by atoms with Gasteiger partial charge in [-0.25, -0.2) is 9.59 Å². The summed E-state index contributed by atoms with van der Waals surface area (Å²) in [5, 5.41) is 47.9. The molecule has 5 aliphatic heterocycles. The lowest BCUT2D eigenvalue weighted by atomic mass is 9.68. The van der Waals surface area contributed by atoms with Gasteiger partial charge in [0.1, 0.15) is 64.8 Å². The van der Waals surface area contributed by atoms with Crippen LogP contribution in [0.4, 0.5) is 15.3 Å². The van der Waals surface area contributed by atoms with E-state index in [1.54, 1.807) is 14.2 Å². The average Bonchev–Trinajstić information content (AvgIpc) is 4.28. The maximum absolute atomic E-state index is 12.6. The number of aliphatic hydroxyl groups is 4. The van der Waals surface area contributed by atoms with Crippen molar-refractivity contribution in [3.63, 3.8) is 0 Å². The topological polar surface area (TPSA) is 258 Å². The first-order valence-corrected chi connectivity index (χ1v) is 25.7. The van der Waals surface area contributed by atoms with Gasteiger partial charge in [0, 0.05) is 26.4 Å². The van der Waals surface area contributed by atoms with Gasteiger partial charge in [-0.1, -0.05) is 59.4 Å². The summed E-state index contributed by atoms with van der Waals surface area (Å²) in [6.07, 6.45) is 7.79. The number of epoxide rings is 4. The molecule has 16 atom stereocenters. The molecule has 1 aromatic carbocycles. The minimum Gasteiger partial charge on any atom is -0.443 e. The Balaban J connectivity index is 0.000000222. The minimum atomic E-state index is -0.935. The summed E-state index contributed by atoms with van der Waals surface area (Å²) < 4.78 is 52.4. The maximum Gasteiger partial charge on any atom is 0.514 e. The Morgan fingerprint density at radius 1 is 0.764 bits per heavy atom. The molecule has 4 N–H and O–H groups in total. The number of rotatable bonds is 12. The average molecular weight is 1060 g/mol. The second-order valence-electron chi connectivity index (χ2n) is 20.7. The molecule has 3 aliphatic carbocycles. The fourth-order valence-electron chi connectivity index (χ4n) is 10.8. The van der Waals surface area contributed by atoms with Gasteiger partial charge in [-0.15, -0.1) is 23.2 Å². The SMILES string of the molecule is C.CO[C@H]1C([C@]2(C)O[C@@H]2/C=C/C(C)C)[C@]2(CC[C@H]1OC(=O)N1C[C@H](O)[C@@H](O)C1)CO2.CO[C@H]1C([C@]2(C)O[C@@H]2/C=C/C(C)C)[C@]2(CC[C@H]1OC(=O)Oc1ccc([N+](=O)[O-])cc1)CO2.ClCCl.O[C@H]1CCC[C@@H]1O. The van der Waals surface area contributed by atoms with Gasteiger partial charge in [-0.3, -0.25) is 10.1 Å². The number of methoxy groups -OCH3 is 2. The highest BCUT2D eigenvalue weighted by atomic mass is 35.5. The maximum atomic E-state index is 12.6. The molecule has 408 valence electrons. The summed E-state index contributed by atoms with van der Waals surface area (Å²) in [7, 11) is 3.23. The van der Waals surface area contributed by atoms with E-state index in [0.29, 0.717) is 37.9 Å². The van der Waals surface area contributed by atoms with E-state index in [1.165, 1.54) is 29.2 Å². The number of alkyl halides is 2. The molecule has 5 saturated heterocycles. The van der Waals surface area contributed by atoms with Crippen molar-refractivity contribution in [3.8, 4) is 5.75 Å². The van der Waals surface area contributed by atoms with Crippen molar-refractivity contribution in [1.82, 2.24) is 4.90 Å². The van der Waals surface area contributed by atoms with Gasteiger partial charge in [0.05, 0.1) is 72.8 Å². The van der Waals surface area contributed by atoms with E-state index in [0.717, 1.165) is 32.1 Å². The number of non-ortho nitro benzene ring substituents is 1. The lowest BCUT2D eigenvalue weighted by Gasteiger charge is -2.42. The normalized spacial score (nSPS) is 39.0. The molecule has 1 amide bonds. The Labute approximate surface area is 433 Å². The first kappa shape index (κ1) is 59.7. The van der Waals surface area contributed by atoms with Crippen LogP contribution in [0.2, 0.25) is 0 Å². The summed E-state index contributed by atoms with van der Waals surface area (Å²) in [4.78, 5) is 36.7. The van der Waals surface area contributed by atoms with Crippen LogP contribution in [0.25, 0.3) is 0 Å². The van der Waals surface area contributed by atoms with Crippen molar-refractivity contribution in [2.45, 2.75) is 177 Å². The zero-order chi connectivity index (χ0) is 52.1. The van der Waals surface area contributed by atoms with Crippen molar-refractivity contribution in [2.75, 3.05) is 45.9 Å². The van der Waals surface area contributed by atoms with Gasteiger partial charge >= 0.3 is 12.2 Å². The molecule has 19 nitrogen and oxygen atoms in total. The molecule has 0 aromatic heterocycles. The third-order valence-corrected chi connectivity index (χ3v) is 14.9. The van der Waals surface area contributed by atoms with Crippen molar-refractivity contribution < 1.29 is 77.6 Å². The molecule has 1 aromatic rings. The zero-order valence-corrected chi connectivity index (χ0v) is 43.4. The van der Waals surface area contributed by atoms with Crippen molar-refractivity contribution in [3.05, 3.63) is 58.7 Å². The molecule has 9 rings (SSSR count). The van der Waals surface area contributed by atoms with E-state index in [2.05, 4.69) is 65.8 Å². The first-order chi connectivity index (χ1) is 33.6. The number of nitrogens with zero attached hydrogens (tertiary/aromatic N) is 2. The van der Waals surface area contributed by atoms with E-state index in [9.17, 15) is 29.9 Å². The number of nitro benzene ring substituents is 1. The van der Waals surface area contributed by atoms with Gasteiger partial charge in [0.15, 0.2) is 0 Å². The summed E-state index contributed by atoms with van der Waals surface area (Å²) in [5.74, 6) is 0.875. The number of likely N-dealkylation sites (tertiary alicyclic amines) is 1. The monoisotopic (exact) mass is 1060 g/mol. The second kappa shape index (κ2) is 25.1. The largest absolute Gasteiger partial charge is 0.514 e. The highest BCUT2D eigenvalue weighted by Gasteiger charge is 2.73. The smallest absolute Gasteiger partial charge is 0.443 e. The van der Waals surface area contributed by atoms with Crippen LogP contribution in [-0.4, -0.2) is 172 Å². The zero-order valence-electron chi connectivity index (χ0n) is 41.9. The number of carbonyl (C=O) groups excluding carboxylic acids is 2. The number of hydrogen-bond donors (Lipinski definition) is 4. The second-order valence-corrected chi connectivity index (χ2v) is 21.5. The van der Waals surface area contributed by atoms with E-state index < -0.39 is 71.1 Å². The molecule has 21 heteroatoms. The van der Waals surface area contributed by atoms with E-state index >= 15 is 0 Å². The summed E-state index contributed by atoms with van der Waals surface area (Å²) in [5.41, 5.74) is -1.58. The molecular formula is C51H78Cl2N2O17. The molecule has 2 unspecified atom stereocenters. The quantitative estimate of drug-likeness (QED) is 0.0310. The standard InChI is InChI=1S/C23H29NO8.C21H33NO7.C5H10O2.CH2Cl2.CH4/c1-14(2)5-10-18-22(3,32-18)20-19(28-4)17(11-12-23(20)13-29-23)31-21(25)30-16-8-6-15(7-9-16)24(26)27;1-12(2)5-6-16-20(3,29-16)18-17(26-4)15(7-8-21(18)11-27-21)28-19(25)22-9-13(23)14(24)10-22;6-4-2-1-3-5(4)7;2-1-3;/h5-10,14,17-20H,11-13H2,1-4H3;5-6,12-18,23-24H,7-11H2,1-4H3;4-7H,1-3H2;1H2;1H4/b10-5+;6-5+;;;/t17-,18-,19-,20?,22-,23+;13-,14-,15+,16+,17+,18?,20+,21-;4-,5-;;/m100../s1. The first-order valence-electron chi connectivity index (χ1n) is 24.6. The van der Waals surface area contributed by atoms with Gasteiger partial charge in [-0.05, 0) is 82.8 Å². The molecule has 8 fully saturated rings. The number of allylic oxidation sites excluding steroid dienone is 2. The van der Waals surface area contributed by atoms with Crippen LogP contribution in [0.1, 0.15) is 93.9 Å². The van der Waals surface area contributed by atoms with E-state index in [1.807, 2.05) is 0 Å². The molecular weight excluding hydrogens is 983 g/mol. The summed E-state index contributed by atoms with van der Waals surface area (Å²) in [6, 6.07) is 5.24. The van der Waals surface area contributed by atoms with E-state index in [-0.39, 0.29) is 78.6 Å². The summed E-state index contributed by atoms with van der Waals surface area (Å²) >= 11 is 9.53. The third kappa shape index (κ3) is 14.2. The molecule has 5 heterocycles. The van der Waals surface area contributed by atoms with Gasteiger partial charge in [-0.2, -0.15) is 0 Å². The predicted octanol–water partition coefficient (Wildman–Crippen LogP) is 7.08. The number of carbonyl (C=O) groups is 2. The Kier molecular flexibility index (Phi) is 20.8. The Morgan fingerprint density at radius 3 is 1.53 bits per heavy atom. The van der Waals surface area contributed by atoms with Crippen LogP contribution in [0, 0.1) is 33.8 Å². The fourth-order valence-corrected chi connectivity index (χ4v) is 10.8. The van der Waals surface area contributed by atoms with Gasteiger partial charge < -0.3 is 68.0 Å². The van der Waals surface area contributed by atoms with Crippen molar-refractivity contribution in [1.29, 1.82) is 0 Å². The molecule has 0 bridgehead atoms. The molecule has 0 radical (unpaired) electrons. The Morgan fingerprint density at radius 2 is 1.18 bits per heavy atom. The number of ether oxygens (including phenoxy) is 9. The lowest BCUT2D eigenvalue weighted by Crippen LogP contribution is -2.56.